The number of aromatic nitrogens is 4. The summed E-state index contributed by atoms with van der Waals surface area (Å²) in [7, 11) is 3.33. The molecule has 4 rings (SSSR count). The van der Waals surface area contributed by atoms with Crippen molar-refractivity contribution in [1.29, 1.82) is 0 Å². The summed E-state index contributed by atoms with van der Waals surface area (Å²) >= 11 is 3.19. The molecule has 0 N–H and O–H groups in total. The molecule has 0 bridgehead atoms. The zero-order chi connectivity index (χ0) is 19.3. The van der Waals surface area contributed by atoms with Gasteiger partial charge >= 0.3 is 0 Å². The highest BCUT2D eigenvalue weighted by Crippen LogP contribution is 2.34. The van der Waals surface area contributed by atoms with Crippen molar-refractivity contribution < 1.29 is 9.47 Å². The molecular weight excluding hydrogens is 392 g/mol. The number of hydrogen-bond acceptors (Lipinski definition) is 7. The van der Waals surface area contributed by atoms with Crippen molar-refractivity contribution in [3.63, 3.8) is 0 Å². The van der Waals surface area contributed by atoms with Gasteiger partial charge in [0.2, 0.25) is 0 Å². The Morgan fingerprint density at radius 2 is 1.75 bits per heavy atom. The van der Waals surface area contributed by atoms with Gasteiger partial charge in [-0.15, -0.1) is 21.5 Å². The molecule has 0 aliphatic heterocycles. The Hall–Kier alpha value is -2.84. The van der Waals surface area contributed by atoms with Crippen LogP contribution < -0.4 is 9.47 Å². The van der Waals surface area contributed by atoms with Gasteiger partial charge < -0.3 is 9.47 Å². The molecule has 6 nitrogen and oxygen atoms in total. The van der Waals surface area contributed by atoms with Gasteiger partial charge in [-0.2, -0.15) is 0 Å². The van der Waals surface area contributed by atoms with E-state index in [-0.39, 0.29) is 0 Å². The average Bonchev–Trinajstić information content (AvgIpc) is 3.41. The molecule has 0 amide bonds. The lowest BCUT2D eigenvalue weighted by molar-refractivity contribution is 0.412. The molecule has 0 spiro atoms. The molecule has 2 aromatic heterocycles. The lowest BCUT2D eigenvalue weighted by atomic mass is 10.2. The second-order valence-corrected chi connectivity index (χ2v) is 7.59. The maximum Gasteiger partial charge on any atom is 0.196 e. The molecule has 2 aromatic carbocycles. The van der Waals surface area contributed by atoms with Crippen LogP contribution in [0.5, 0.6) is 11.5 Å². The first-order chi connectivity index (χ1) is 13.8. The number of benzene rings is 2. The van der Waals surface area contributed by atoms with Crippen molar-refractivity contribution in [2.45, 2.75) is 10.9 Å². The number of thioether (sulfide) groups is 1. The summed E-state index contributed by atoms with van der Waals surface area (Å²) in [6.45, 7) is 0. The Morgan fingerprint density at radius 3 is 2.57 bits per heavy atom. The lowest BCUT2D eigenvalue weighted by Gasteiger charge is -2.10. The van der Waals surface area contributed by atoms with Gasteiger partial charge in [-0.3, -0.25) is 4.57 Å². The monoisotopic (exact) mass is 410 g/mol. The third-order valence-electron chi connectivity index (χ3n) is 4.10. The van der Waals surface area contributed by atoms with E-state index in [0.29, 0.717) is 5.75 Å². The number of ether oxygens (including phenoxy) is 2. The summed E-state index contributed by atoms with van der Waals surface area (Å²) < 4.78 is 12.8. The predicted octanol–water partition coefficient (Wildman–Crippen LogP) is 4.70. The van der Waals surface area contributed by atoms with Gasteiger partial charge in [0.25, 0.3) is 0 Å². The molecule has 0 saturated heterocycles. The first-order valence-electron chi connectivity index (χ1n) is 8.54. The molecular formula is C20H18N4O2S2. The molecule has 8 heteroatoms. The van der Waals surface area contributed by atoms with Crippen molar-refractivity contribution in [2.24, 2.45) is 0 Å². The first-order valence-corrected chi connectivity index (χ1v) is 10.4. The molecule has 0 radical (unpaired) electrons. The van der Waals surface area contributed by atoms with E-state index >= 15 is 0 Å². The SMILES string of the molecule is COc1ccccc1-c1nc(CSc2nncn2-c2ccccc2OC)cs1. The van der Waals surface area contributed by atoms with Gasteiger partial charge in [-0.1, -0.05) is 36.0 Å². The van der Waals surface area contributed by atoms with E-state index in [0.717, 1.165) is 38.6 Å². The second-order valence-electron chi connectivity index (χ2n) is 5.79. The third kappa shape index (κ3) is 3.74. The van der Waals surface area contributed by atoms with E-state index in [1.807, 2.05) is 53.1 Å². The fourth-order valence-electron chi connectivity index (χ4n) is 2.77. The van der Waals surface area contributed by atoms with Crippen LogP contribution in [0.4, 0.5) is 0 Å². The van der Waals surface area contributed by atoms with Crippen LogP contribution in [0.1, 0.15) is 5.69 Å². The Labute approximate surface area is 171 Å². The fraction of sp³-hybridized carbons (Fsp3) is 0.150. The van der Waals surface area contributed by atoms with Crippen molar-refractivity contribution >= 4 is 23.1 Å². The van der Waals surface area contributed by atoms with Crippen LogP contribution in [0.3, 0.4) is 0 Å². The molecule has 0 unspecified atom stereocenters. The normalized spacial score (nSPS) is 10.8. The number of rotatable bonds is 7. The van der Waals surface area contributed by atoms with Crippen LogP contribution in [0.25, 0.3) is 16.3 Å². The Kier molecular flexibility index (Phi) is 5.59. The van der Waals surface area contributed by atoms with E-state index in [4.69, 9.17) is 14.5 Å². The Bertz CT molecular complexity index is 1080. The summed E-state index contributed by atoms with van der Waals surface area (Å²) in [5.41, 5.74) is 2.90. The summed E-state index contributed by atoms with van der Waals surface area (Å²) in [6, 6.07) is 15.7. The van der Waals surface area contributed by atoms with Crippen LogP contribution in [0.15, 0.2) is 65.4 Å². The minimum absolute atomic E-state index is 0.694. The van der Waals surface area contributed by atoms with Gasteiger partial charge in [0.1, 0.15) is 22.8 Å². The van der Waals surface area contributed by atoms with E-state index in [9.17, 15) is 0 Å². The zero-order valence-electron chi connectivity index (χ0n) is 15.4. The quantitative estimate of drug-likeness (QED) is 0.412. The number of para-hydroxylation sites is 3. The Balaban J connectivity index is 1.53. The van der Waals surface area contributed by atoms with Gasteiger partial charge in [0.05, 0.1) is 31.2 Å². The third-order valence-corrected chi connectivity index (χ3v) is 6.00. The lowest BCUT2D eigenvalue weighted by Crippen LogP contribution is -1.98. The second kappa shape index (κ2) is 8.45. The van der Waals surface area contributed by atoms with E-state index in [1.54, 1.807) is 43.6 Å². The zero-order valence-corrected chi connectivity index (χ0v) is 17.0. The van der Waals surface area contributed by atoms with Crippen LogP contribution >= 0.6 is 23.1 Å². The van der Waals surface area contributed by atoms with Gasteiger partial charge in [-0.25, -0.2) is 4.98 Å². The maximum absolute atomic E-state index is 5.45. The topological polar surface area (TPSA) is 62.1 Å². The van der Waals surface area contributed by atoms with Crippen molar-refractivity contribution in [2.75, 3.05) is 14.2 Å². The van der Waals surface area contributed by atoms with E-state index in [2.05, 4.69) is 15.6 Å². The summed E-state index contributed by atoms with van der Waals surface area (Å²) in [5, 5.41) is 12.1. The summed E-state index contributed by atoms with van der Waals surface area (Å²) in [6.07, 6.45) is 1.70. The van der Waals surface area contributed by atoms with E-state index in [1.165, 1.54) is 0 Å². The molecule has 142 valence electrons. The molecule has 0 aliphatic rings. The number of methoxy groups -OCH3 is 2. The molecule has 0 aliphatic carbocycles. The minimum atomic E-state index is 0.694. The van der Waals surface area contributed by atoms with Gasteiger partial charge in [0.15, 0.2) is 5.16 Å². The highest BCUT2D eigenvalue weighted by Gasteiger charge is 2.14. The number of hydrogen-bond donors (Lipinski definition) is 0. The maximum atomic E-state index is 5.45. The van der Waals surface area contributed by atoms with Gasteiger partial charge in [0, 0.05) is 11.1 Å². The van der Waals surface area contributed by atoms with Crippen LogP contribution in [-0.2, 0) is 5.75 Å². The smallest absolute Gasteiger partial charge is 0.196 e. The first kappa shape index (κ1) is 18.5. The minimum Gasteiger partial charge on any atom is -0.496 e. The molecule has 0 saturated carbocycles. The summed E-state index contributed by atoms with van der Waals surface area (Å²) in [5.74, 6) is 2.29. The molecule has 28 heavy (non-hydrogen) atoms. The molecule has 0 fully saturated rings. The fourth-order valence-corrected chi connectivity index (χ4v) is 4.54. The van der Waals surface area contributed by atoms with Crippen molar-refractivity contribution in [3.05, 3.63) is 65.9 Å². The van der Waals surface area contributed by atoms with Crippen molar-refractivity contribution in [1.82, 2.24) is 19.7 Å². The van der Waals surface area contributed by atoms with E-state index < -0.39 is 0 Å². The highest BCUT2D eigenvalue weighted by molar-refractivity contribution is 7.98. The number of nitrogens with zero attached hydrogens (tertiary/aromatic N) is 4. The molecule has 0 atom stereocenters. The Morgan fingerprint density at radius 1 is 1.00 bits per heavy atom. The highest BCUT2D eigenvalue weighted by atomic mass is 32.2. The average molecular weight is 411 g/mol. The summed E-state index contributed by atoms with van der Waals surface area (Å²) in [4.78, 5) is 4.76. The predicted molar refractivity (Wildman–Crippen MR) is 112 cm³/mol. The molecule has 2 heterocycles. The van der Waals surface area contributed by atoms with Crippen LogP contribution in [0, 0.1) is 0 Å². The van der Waals surface area contributed by atoms with Gasteiger partial charge in [-0.05, 0) is 24.3 Å². The van der Waals surface area contributed by atoms with Crippen molar-refractivity contribution in [3.8, 4) is 27.8 Å². The van der Waals surface area contributed by atoms with Crippen LogP contribution in [0.2, 0.25) is 0 Å². The largest absolute Gasteiger partial charge is 0.496 e. The number of thiazole rings is 1. The standard InChI is InChI=1S/C20H18N4O2S2/c1-25-17-9-5-3-7-15(17)19-22-14(11-27-19)12-28-20-23-21-13-24(20)16-8-4-6-10-18(16)26-2/h3-11,13H,12H2,1-2H3. The molecule has 4 aromatic rings. The van der Waals surface area contributed by atoms with Crippen LogP contribution in [-0.4, -0.2) is 34.0 Å².